The number of anilines is 1. The van der Waals surface area contributed by atoms with Crippen LogP contribution < -0.4 is 11.1 Å². The predicted octanol–water partition coefficient (Wildman–Crippen LogP) is 2.10. The van der Waals surface area contributed by atoms with Crippen LogP contribution in [0.5, 0.6) is 0 Å². The van der Waals surface area contributed by atoms with Crippen LogP contribution in [0.25, 0.3) is 0 Å². The molecule has 19 heavy (non-hydrogen) atoms. The Hall–Kier alpha value is -2.11. The summed E-state index contributed by atoms with van der Waals surface area (Å²) in [7, 11) is 0. The van der Waals surface area contributed by atoms with E-state index >= 15 is 0 Å². The van der Waals surface area contributed by atoms with E-state index in [0.717, 1.165) is 12.8 Å². The van der Waals surface area contributed by atoms with Gasteiger partial charge < -0.3 is 11.1 Å². The van der Waals surface area contributed by atoms with E-state index in [1.165, 1.54) is 24.6 Å². The third-order valence-corrected chi connectivity index (χ3v) is 3.73. The van der Waals surface area contributed by atoms with Crippen LogP contribution in [-0.4, -0.2) is 17.4 Å². The predicted molar refractivity (Wildman–Crippen MR) is 71.8 cm³/mol. The van der Waals surface area contributed by atoms with Gasteiger partial charge in [-0.05, 0) is 30.4 Å². The molecule has 1 fully saturated rings. The minimum Gasteiger partial charge on any atom is -0.393 e. The van der Waals surface area contributed by atoms with E-state index in [1.54, 1.807) is 0 Å². The number of nitro benzene ring substituents is 1. The molecular formula is C13H17N3O3. The van der Waals surface area contributed by atoms with Crippen LogP contribution in [0.4, 0.5) is 11.4 Å². The first-order chi connectivity index (χ1) is 8.91. The number of nitrogens with one attached hydrogen (secondary N) is 1. The van der Waals surface area contributed by atoms with Gasteiger partial charge in [-0.2, -0.15) is 0 Å². The normalized spacial score (nSPS) is 16.5. The zero-order valence-electron chi connectivity index (χ0n) is 10.8. The highest BCUT2D eigenvalue weighted by atomic mass is 16.6. The summed E-state index contributed by atoms with van der Waals surface area (Å²) in [5, 5.41) is 13.6. The second-order valence-corrected chi connectivity index (χ2v) is 5.38. The van der Waals surface area contributed by atoms with Gasteiger partial charge in [0.05, 0.1) is 4.92 Å². The van der Waals surface area contributed by atoms with Gasteiger partial charge in [0.25, 0.3) is 11.6 Å². The van der Waals surface area contributed by atoms with Crippen LogP contribution in [-0.2, 0) is 0 Å². The molecule has 0 saturated heterocycles. The fraction of sp³-hybridized carbons (Fsp3) is 0.462. The number of nitrogens with two attached hydrogens (primary N) is 1. The zero-order chi connectivity index (χ0) is 14.0. The smallest absolute Gasteiger partial charge is 0.292 e. The molecule has 0 spiro atoms. The Morgan fingerprint density at radius 2 is 2.21 bits per heavy atom. The maximum absolute atomic E-state index is 11.9. The van der Waals surface area contributed by atoms with Crippen molar-refractivity contribution in [3.8, 4) is 0 Å². The van der Waals surface area contributed by atoms with Crippen LogP contribution in [0.3, 0.4) is 0 Å². The molecule has 1 amide bonds. The van der Waals surface area contributed by atoms with Gasteiger partial charge in [0.15, 0.2) is 0 Å². The topological polar surface area (TPSA) is 98.3 Å². The lowest BCUT2D eigenvalue weighted by Gasteiger charge is -2.38. The number of hydrogen-bond acceptors (Lipinski definition) is 4. The third kappa shape index (κ3) is 2.83. The Morgan fingerprint density at radius 3 is 2.74 bits per heavy atom. The average molecular weight is 263 g/mol. The molecule has 0 radical (unpaired) electrons. The quantitative estimate of drug-likeness (QED) is 0.493. The minimum absolute atomic E-state index is 0.0625. The summed E-state index contributed by atoms with van der Waals surface area (Å²) in [5.74, 6) is -0.295. The number of carbonyl (C=O) groups excluding carboxylic acids is 1. The van der Waals surface area contributed by atoms with Crippen molar-refractivity contribution in [3.05, 3.63) is 33.9 Å². The van der Waals surface area contributed by atoms with Crippen LogP contribution >= 0.6 is 0 Å². The molecule has 102 valence electrons. The Bertz CT molecular complexity index is 524. The number of amides is 1. The Balaban J connectivity index is 2.06. The van der Waals surface area contributed by atoms with Crippen LogP contribution in [0, 0.1) is 15.5 Å². The highest BCUT2D eigenvalue weighted by Crippen LogP contribution is 2.39. The first-order valence-corrected chi connectivity index (χ1v) is 6.23. The summed E-state index contributed by atoms with van der Waals surface area (Å²) in [6, 6.07) is 4.10. The molecule has 0 aromatic heterocycles. The molecule has 0 unspecified atom stereocenters. The van der Waals surface area contributed by atoms with Crippen molar-refractivity contribution in [1.29, 1.82) is 0 Å². The molecular weight excluding hydrogens is 246 g/mol. The van der Waals surface area contributed by atoms with Crippen LogP contribution in [0.1, 0.15) is 36.5 Å². The van der Waals surface area contributed by atoms with Crippen LogP contribution in [0.2, 0.25) is 0 Å². The third-order valence-electron chi connectivity index (χ3n) is 3.73. The fourth-order valence-electron chi connectivity index (χ4n) is 2.20. The molecule has 2 rings (SSSR count). The van der Waals surface area contributed by atoms with Gasteiger partial charge in [-0.1, -0.05) is 13.3 Å². The summed E-state index contributed by atoms with van der Waals surface area (Å²) >= 11 is 0. The fourth-order valence-corrected chi connectivity index (χ4v) is 2.20. The minimum atomic E-state index is -0.584. The first kappa shape index (κ1) is 13.3. The van der Waals surface area contributed by atoms with E-state index in [9.17, 15) is 14.9 Å². The monoisotopic (exact) mass is 263 g/mol. The standard InChI is InChI=1S/C13H17N3O3/c1-13(5-2-6-13)8-15-12(17)9-3-4-10(14)11(7-9)16(18)19/h3-4,7H,2,5-6,8,14H2,1H3,(H,15,17). The average Bonchev–Trinajstić information content (AvgIpc) is 2.33. The van der Waals surface area contributed by atoms with Crippen molar-refractivity contribution >= 4 is 17.3 Å². The van der Waals surface area contributed by atoms with E-state index in [4.69, 9.17) is 5.73 Å². The van der Waals surface area contributed by atoms with Gasteiger partial charge in [0, 0.05) is 18.2 Å². The Kier molecular flexibility index (Phi) is 3.42. The molecule has 6 heteroatoms. The van der Waals surface area contributed by atoms with E-state index in [1.807, 2.05) is 0 Å². The molecule has 1 aliphatic carbocycles. The molecule has 1 aromatic carbocycles. The number of benzene rings is 1. The summed E-state index contributed by atoms with van der Waals surface area (Å²) < 4.78 is 0. The summed E-state index contributed by atoms with van der Waals surface area (Å²) in [6.07, 6.45) is 3.41. The SMILES string of the molecule is CC1(CNC(=O)c2ccc(N)c([N+](=O)[O-])c2)CCC1. The number of nitro groups is 1. The Labute approximate surface area is 111 Å². The molecule has 3 N–H and O–H groups in total. The van der Waals surface area contributed by atoms with E-state index in [0.29, 0.717) is 6.54 Å². The summed E-state index contributed by atoms with van der Waals surface area (Å²) in [5.41, 5.74) is 5.76. The highest BCUT2D eigenvalue weighted by molar-refractivity contribution is 5.95. The van der Waals surface area contributed by atoms with Crippen molar-refractivity contribution in [2.45, 2.75) is 26.2 Å². The maximum Gasteiger partial charge on any atom is 0.292 e. The van der Waals surface area contributed by atoms with Gasteiger partial charge in [0.2, 0.25) is 0 Å². The van der Waals surface area contributed by atoms with Gasteiger partial charge >= 0.3 is 0 Å². The molecule has 1 aromatic rings. The summed E-state index contributed by atoms with van der Waals surface area (Å²) in [4.78, 5) is 22.1. The molecule has 0 atom stereocenters. The summed E-state index contributed by atoms with van der Waals surface area (Å²) in [6.45, 7) is 2.73. The molecule has 0 heterocycles. The largest absolute Gasteiger partial charge is 0.393 e. The number of hydrogen-bond donors (Lipinski definition) is 2. The van der Waals surface area contributed by atoms with E-state index < -0.39 is 4.92 Å². The van der Waals surface area contributed by atoms with E-state index in [2.05, 4.69) is 12.2 Å². The lowest BCUT2D eigenvalue weighted by molar-refractivity contribution is -0.383. The molecule has 1 saturated carbocycles. The van der Waals surface area contributed by atoms with Crippen molar-refractivity contribution in [3.63, 3.8) is 0 Å². The van der Waals surface area contributed by atoms with Gasteiger partial charge in [-0.3, -0.25) is 14.9 Å². The zero-order valence-corrected chi connectivity index (χ0v) is 10.8. The molecule has 6 nitrogen and oxygen atoms in total. The Morgan fingerprint density at radius 1 is 1.53 bits per heavy atom. The van der Waals surface area contributed by atoms with Crippen molar-refractivity contribution in [1.82, 2.24) is 5.32 Å². The van der Waals surface area contributed by atoms with Crippen molar-refractivity contribution in [2.24, 2.45) is 5.41 Å². The number of carbonyl (C=O) groups is 1. The van der Waals surface area contributed by atoms with Crippen LogP contribution in [0.15, 0.2) is 18.2 Å². The van der Waals surface area contributed by atoms with Gasteiger partial charge in [-0.15, -0.1) is 0 Å². The van der Waals surface area contributed by atoms with Gasteiger partial charge in [0.1, 0.15) is 5.69 Å². The second kappa shape index (κ2) is 4.87. The van der Waals surface area contributed by atoms with Crippen molar-refractivity contribution in [2.75, 3.05) is 12.3 Å². The molecule has 1 aliphatic rings. The second-order valence-electron chi connectivity index (χ2n) is 5.38. The highest BCUT2D eigenvalue weighted by Gasteiger charge is 2.32. The number of nitrogen functional groups attached to an aromatic ring is 1. The van der Waals surface area contributed by atoms with Crippen molar-refractivity contribution < 1.29 is 9.72 Å². The number of rotatable bonds is 4. The molecule has 0 bridgehead atoms. The number of nitrogens with zero attached hydrogens (tertiary/aromatic N) is 1. The maximum atomic E-state index is 11.9. The lowest BCUT2D eigenvalue weighted by Crippen LogP contribution is -2.39. The van der Waals surface area contributed by atoms with E-state index in [-0.39, 0.29) is 28.3 Å². The lowest BCUT2D eigenvalue weighted by atomic mass is 9.70. The first-order valence-electron chi connectivity index (χ1n) is 6.23. The molecule has 0 aliphatic heterocycles. The van der Waals surface area contributed by atoms with Gasteiger partial charge in [-0.25, -0.2) is 0 Å².